The molecule has 94 valence electrons. The molecule has 3 nitrogen and oxygen atoms in total. The van der Waals surface area contributed by atoms with Gasteiger partial charge in [0, 0.05) is 31.9 Å². The summed E-state index contributed by atoms with van der Waals surface area (Å²) < 4.78 is 0. The standard InChI is InChI=1S/C14H23N3/c1-12-10-14(5-4-13(12)11-15)17-7-3-6-16(2)8-9-17/h4-5,10H,3,6-9,11,15H2,1-2H3. The van der Waals surface area contributed by atoms with Crippen molar-refractivity contribution in [3.8, 4) is 0 Å². The number of anilines is 1. The zero-order valence-corrected chi connectivity index (χ0v) is 10.9. The number of nitrogens with zero attached hydrogens (tertiary/aromatic N) is 2. The number of aryl methyl sites for hydroxylation is 1. The molecule has 0 unspecified atom stereocenters. The predicted octanol–water partition coefficient (Wildman–Crippen LogP) is 1.60. The van der Waals surface area contributed by atoms with Gasteiger partial charge in [0.2, 0.25) is 0 Å². The molecule has 2 N–H and O–H groups in total. The van der Waals surface area contributed by atoms with Crippen LogP contribution in [0.4, 0.5) is 5.69 Å². The Hall–Kier alpha value is -1.06. The predicted molar refractivity (Wildman–Crippen MR) is 73.4 cm³/mol. The number of hydrogen-bond acceptors (Lipinski definition) is 3. The summed E-state index contributed by atoms with van der Waals surface area (Å²) in [6.45, 7) is 7.42. The fourth-order valence-corrected chi connectivity index (χ4v) is 2.41. The van der Waals surface area contributed by atoms with Crippen LogP contribution in [0.5, 0.6) is 0 Å². The van der Waals surface area contributed by atoms with Crippen LogP contribution in [0.25, 0.3) is 0 Å². The first-order valence-electron chi connectivity index (χ1n) is 6.44. The molecule has 3 heteroatoms. The molecule has 0 spiro atoms. The van der Waals surface area contributed by atoms with Crippen LogP contribution in [0.15, 0.2) is 18.2 Å². The molecule has 1 aromatic rings. The molecule has 1 aliphatic heterocycles. The highest BCUT2D eigenvalue weighted by molar-refractivity contribution is 5.51. The van der Waals surface area contributed by atoms with E-state index in [1.54, 1.807) is 0 Å². The first kappa shape index (κ1) is 12.4. The van der Waals surface area contributed by atoms with E-state index in [4.69, 9.17) is 5.73 Å². The summed E-state index contributed by atoms with van der Waals surface area (Å²) in [7, 11) is 2.20. The maximum atomic E-state index is 5.70. The van der Waals surface area contributed by atoms with E-state index in [0.29, 0.717) is 6.54 Å². The van der Waals surface area contributed by atoms with Gasteiger partial charge in [0.25, 0.3) is 0 Å². The Labute approximate surface area is 104 Å². The Morgan fingerprint density at radius 3 is 2.71 bits per heavy atom. The SMILES string of the molecule is Cc1cc(N2CCCN(C)CC2)ccc1CN. The molecule has 1 saturated heterocycles. The smallest absolute Gasteiger partial charge is 0.0369 e. The lowest BCUT2D eigenvalue weighted by Crippen LogP contribution is -2.28. The van der Waals surface area contributed by atoms with Gasteiger partial charge in [-0.05, 0) is 50.2 Å². The van der Waals surface area contributed by atoms with Gasteiger partial charge in [-0.2, -0.15) is 0 Å². The fourth-order valence-electron chi connectivity index (χ4n) is 2.41. The van der Waals surface area contributed by atoms with Gasteiger partial charge in [-0.1, -0.05) is 6.07 Å². The van der Waals surface area contributed by atoms with E-state index >= 15 is 0 Å². The summed E-state index contributed by atoms with van der Waals surface area (Å²) >= 11 is 0. The van der Waals surface area contributed by atoms with Gasteiger partial charge in [-0.15, -0.1) is 0 Å². The number of likely N-dealkylation sites (N-methyl/N-ethyl adjacent to an activating group) is 1. The molecule has 0 atom stereocenters. The Morgan fingerprint density at radius 2 is 2.00 bits per heavy atom. The van der Waals surface area contributed by atoms with Crippen LogP contribution >= 0.6 is 0 Å². The average Bonchev–Trinajstić information content (AvgIpc) is 2.54. The van der Waals surface area contributed by atoms with Crippen LogP contribution in [0.1, 0.15) is 17.5 Å². The summed E-state index contributed by atoms with van der Waals surface area (Å²) in [6, 6.07) is 6.65. The minimum atomic E-state index is 0.634. The highest BCUT2D eigenvalue weighted by atomic mass is 15.2. The van der Waals surface area contributed by atoms with Crippen LogP contribution in [-0.2, 0) is 6.54 Å². The van der Waals surface area contributed by atoms with E-state index < -0.39 is 0 Å². The van der Waals surface area contributed by atoms with Gasteiger partial charge in [-0.3, -0.25) is 0 Å². The molecule has 1 fully saturated rings. The highest BCUT2D eigenvalue weighted by Gasteiger charge is 2.12. The Balaban J connectivity index is 2.13. The van der Waals surface area contributed by atoms with E-state index in [2.05, 4.69) is 42.0 Å². The van der Waals surface area contributed by atoms with E-state index in [1.807, 2.05) is 0 Å². The Bertz CT molecular complexity index is 376. The number of rotatable bonds is 2. The van der Waals surface area contributed by atoms with Crippen molar-refractivity contribution in [1.29, 1.82) is 0 Å². The molecule has 2 rings (SSSR count). The van der Waals surface area contributed by atoms with Crippen LogP contribution in [-0.4, -0.2) is 38.1 Å². The van der Waals surface area contributed by atoms with Crippen molar-refractivity contribution in [3.05, 3.63) is 29.3 Å². The van der Waals surface area contributed by atoms with E-state index in [-0.39, 0.29) is 0 Å². The summed E-state index contributed by atoms with van der Waals surface area (Å²) in [5.41, 5.74) is 9.60. The average molecular weight is 233 g/mol. The molecule has 0 aromatic heterocycles. The largest absolute Gasteiger partial charge is 0.370 e. The topological polar surface area (TPSA) is 32.5 Å². The van der Waals surface area contributed by atoms with Crippen molar-refractivity contribution in [2.45, 2.75) is 19.9 Å². The molecule has 1 aromatic carbocycles. The first-order valence-corrected chi connectivity index (χ1v) is 6.44. The molecule has 1 heterocycles. The van der Waals surface area contributed by atoms with Crippen molar-refractivity contribution in [2.75, 3.05) is 38.1 Å². The Morgan fingerprint density at radius 1 is 1.18 bits per heavy atom. The van der Waals surface area contributed by atoms with Crippen molar-refractivity contribution < 1.29 is 0 Å². The second-order valence-corrected chi connectivity index (χ2v) is 4.96. The second-order valence-electron chi connectivity index (χ2n) is 4.96. The van der Waals surface area contributed by atoms with Crippen LogP contribution in [0, 0.1) is 6.92 Å². The number of benzene rings is 1. The molecule has 0 saturated carbocycles. The first-order chi connectivity index (χ1) is 8.20. The normalized spacial score (nSPS) is 18.2. The summed E-state index contributed by atoms with van der Waals surface area (Å²) in [5.74, 6) is 0. The molecule has 0 bridgehead atoms. The molecule has 0 amide bonds. The third-order valence-corrected chi connectivity index (χ3v) is 3.63. The zero-order chi connectivity index (χ0) is 12.3. The van der Waals surface area contributed by atoms with Crippen LogP contribution in [0.3, 0.4) is 0 Å². The quantitative estimate of drug-likeness (QED) is 0.842. The lowest BCUT2D eigenvalue weighted by atomic mass is 10.1. The van der Waals surface area contributed by atoms with Crippen LogP contribution in [0.2, 0.25) is 0 Å². The highest BCUT2D eigenvalue weighted by Crippen LogP contribution is 2.20. The van der Waals surface area contributed by atoms with Crippen LogP contribution < -0.4 is 10.6 Å². The number of hydrogen-bond donors (Lipinski definition) is 1. The third kappa shape index (κ3) is 2.99. The van der Waals surface area contributed by atoms with E-state index in [0.717, 1.165) is 19.6 Å². The lowest BCUT2D eigenvalue weighted by molar-refractivity contribution is 0.360. The summed E-state index contributed by atoms with van der Waals surface area (Å²) in [4.78, 5) is 4.89. The Kier molecular flexibility index (Phi) is 4.02. The van der Waals surface area contributed by atoms with Gasteiger partial charge >= 0.3 is 0 Å². The molecule has 0 radical (unpaired) electrons. The monoisotopic (exact) mass is 233 g/mol. The van der Waals surface area contributed by atoms with Gasteiger partial charge in [0.1, 0.15) is 0 Å². The van der Waals surface area contributed by atoms with E-state index in [9.17, 15) is 0 Å². The minimum Gasteiger partial charge on any atom is -0.370 e. The van der Waals surface area contributed by atoms with Crippen molar-refractivity contribution in [1.82, 2.24) is 4.90 Å². The van der Waals surface area contributed by atoms with Gasteiger partial charge in [-0.25, -0.2) is 0 Å². The summed E-state index contributed by atoms with van der Waals surface area (Å²) in [5, 5.41) is 0. The number of nitrogens with two attached hydrogens (primary N) is 1. The van der Waals surface area contributed by atoms with Gasteiger partial charge < -0.3 is 15.5 Å². The third-order valence-electron chi connectivity index (χ3n) is 3.63. The maximum Gasteiger partial charge on any atom is 0.0369 e. The van der Waals surface area contributed by atoms with Crippen molar-refractivity contribution >= 4 is 5.69 Å². The molecule has 17 heavy (non-hydrogen) atoms. The van der Waals surface area contributed by atoms with Crippen molar-refractivity contribution in [2.24, 2.45) is 5.73 Å². The summed E-state index contributed by atoms with van der Waals surface area (Å²) in [6.07, 6.45) is 1.24. The maximum absolute atomic E-state index is 5.70. The molecular formula is C14H23N3. The lowest BCUT2D eigenvalue weighted by Gasteiger charge is -2.23. The molecular weight excluding hydrogens is 210 g/mol. The zero-order valence-electron chi connectivity index (χ0n) is 10.9. The van der Waals surface area contributed by atoms with Gasteiger partial charge in [0.05, 0.1) is 0 Å². The van der Waals surface area contributed by atoms with Crippen molar-refractivity contribution in [3.63, 3.8) is 0 Å². The molecule has 0 aliphatic carbocycles. The van der Waals surface area contributed by atoms with E-state index in [1.165, 1.54) is 29.8 Å². The molecule has 1 aliphatic rings. The van der Waals surface area contributed by atoms with Gasteiger partial charge in [0.15, 0.2) is 0 Å². The minimum absolute atomic E-state index is 0.634. The second kappa shape index (κ2) is 5.52. The fraction of sp³-hybridized carbons (Fsp3) is 0.571.